The molecule has 2 heterocycles. The van der Waals surface area contributed by atoms with Crippen LogP contribution in [0.2, 0.25) is 0 Å². The number of aryl methyl sites for hydroxylation is 1. The zero-order valence-corrected chi connectivity index (χ0v) is 20.9. The Kier molecular flexibility index (Phi) is 6.72. The molecule has 9 heteroatoms. The standard InChI is InChI=1S/C28H24F3N3O2S/c1-19-10-12-23(13-11-19)37-25-24(33-16-14-32(15-17-33)21-7-3-2-4-8-21)26(35)34(27(25)36)22-9-5-6-20(18-22)28(29,30)31/h2-13,18H,14-17H2,1H3. The molecular formula is C28H24F3N3O2S. The van der Waals surface area contributed by atoms with Crippen molar-refractivity contribution in [2.24, 2.45) is 0 Å². The quantitative estimate of drug-likeness (QED) is 0.401. The summed E-state index contributed by atoms with van der Waals surface area (Å²) in [5, 5.41) is 0. The molecule has 0 aromatic heterocycles. The summed E-state index contributed by atoms with van der Waals surface area (Å²) in [4.78, 5) is 33.2. The van der Waals surface area contributed by atoms with Crippen molar-refractivity contribution < 1.29 is 22.8 Å². The molecule has 190 valence electrons. The largest absolute Gasteiger partial charge is 0.416 e. The van der Waals surface area contributed by atoms with Gasteiger partial charge in [-0.1, -0.05) is 53.7 Å². The van der Waals surface area contributed by atoms with Gasteiger partial charge in [0.25, 0.3) is 11.8 Å². The van der Waals surface area contributed by atoms with E-state index in [-0.39, 0.29) is 16.3 Å². The maximum Gasteiger partial charge on any atom is 0.416 e. The van der Waals surface area contributed by atoms with Gasteiger partial charge in [-0.15, -0.1) is 0 Å². The lowest BCUT2D eigenvalue weighted by atomic mass is 10.2. The molecule has 2 aliphatic heterocycles. The Morgan fingerprint density at radius 3 is 2.00 bits per heavy atom. The van der Waals surface area contributed by atoms with Gasteiger partial charge in [0.15, 0.2) is 0 Å². The van der Waals surface area contributed by atoms with E-state index in [9.17, 15) is 22.8 Å². The van der Waals surface area contributed by atoms with E-state index in [0.29, 0.717) is 26.2 Å². The highest BCUT2D eigenvalue weighted by atomic mass is 32.2. The fourth-order valence-electron chi connectivity index (χ4n) is 4.48. The van der Waals surface area contributed by atoms with E-state index >= 15 is 0 Å². The molecule has 0 radical (unpaired) electrons. The molecule has 5 rings (SSSR count). The van der Waals surface area contributed by atoms with Gasteiger partial charge < -0.3 is 9.80 Å². The molecule has 5 nitrogen and oxygen atoms in total. The Hall–Kier alpha value is -3.72. The van der Waals surface area contributed by atoms with Crippen LogP contribution in [0.3, 0.4) is 0 Å². The van der Waals surface area contributed by atoms with Crippen LogP contribution in [-0.2, 0) is 15.8 Å². The molecule has 3 aromatic carbocycles. The number of thioether (sulfide) groups is 1. The molecule has 0 atom stereocenters. The fourth-order valence-corrected chi connectivity index (χ4v) is 5.48. The van der Waals surface area contributed by atoms with E-state index in [1.807, 2.05) is 66.4 Å². The maximum atomic E-state index is 13.7. The lowest BCUT2D eigenvalue weighted by molar-refractivity contribution is -0.137. The summed E-state index contributed by atoms with van der Waals surface area (Å²) < 4.78 is 40.1. The fraction of sp³-hybridized carbons (Fsp3) is 0.214. The number of carbonyl (C=O) groups is 2. The first-order valence-corrected chi connectivity index (χ1v) is 12.6. The van der Waals surface area contributed by atoms with Crippen molar-refractivity contribution >= 4 is 35.0 Å². The Bertz CT molecular complexity index is 1350. The van der Waals surface area contributed by atoms with Gasteiger partial charge >= 0.3 is 6.18 Å². The summed E-state index contributed by atoms with van der Waals surface area (Å²) in [5.41, 5.74) is 1.36. The van der Waals surface area contributed by atoms with Crippen molar-refractivity contribution in [2.75, 3.05) is 36.0 Å². The van der Waals surface area contributed by atoms with Crippen LogP contribution in [0.25, 0.3) is 0 Å². The summed E-state index contributed by atoms with van der Waals surface area (Å²) in [6.07, 6.45) is -4.59. The Balaban J connectivity index is 1.47. The number of para-hydroxylation sites is 1. The van der Waals surface area contributed by atoms with Crippen molar-refractivity contribution in [2.45, 2.75) is 18.0 Å². The van der Waals surface area contributed by atoms with Gasteiger partial charge in [-0.2, -0.15) is 13.2 Å². The molecule has 2 aliphatic rings. The van der Waals surface area contributed by atoms with Gasteiger partial charge in [0.05, 0.1) is 11.3 Å². The van der Waals surface area contributed by atoms with Crippen LogP contribution >= 0.6 is 11.8 Å². The zero-order valence-electron chi connectivity index (χ0n) is 20.0. The minimum Gasteiger partial charge on any atom is -0.368 e. The molecule has 0 N–H and O–H groups in total. The second-order valence-electron chi connectivity index (χ2n) is 8.90. The first kappa shape index (κ1) is 25.0. The summed E-state index contributed by atoms with van der Waals surface area (Å²) >= 11 is 1.17. The van der Waals surface area contributed by atoms with Crippen LogP contribution in [0, 0.1) is 6.92 Å². The van der Waals surface area contributed by atoms with Crippen molar-refractivity contribution in [3.8, 4) is 0 Å². The van der Waals surface area contributed by atoms with Gasteiger partial charge in [-0.05, 0) is 49.4 Å². The summed E-state index contributed by atoms with van der Waals surface area (Å²) in [6.45, 7) is 4.22. The van der Waals surface area contributed by atoms with E-state index in [1.54, 1.807) is 0 Å². The summed E-state index contributed by atoms with van der Waals surface area (Å²) in [7, 11) is 0. The Labute approximate surface area is 217 Å². The highest BCUT2D eigenvalue weighted by Gasteiger charge is 2.43. The number of hydrogen-bond donors (Lipinski definition) is 0. The van der Waals surface area contributed by atoms with Crippen LogP contribution < -0.4 is 9.80 Å². The smallest absolute Gasteiger partial charge is 0.368 e. The molecule has 0 spiro atoms. The number of hydrogen-bond acceptors (Lipinski definition) is 5. The molecule has 3 aromatic rings. The van der Waals surface area contributed by atoms with E-state index in [1.165, 1.54) is 23.9 Å². The molecule has 0 saturated carbocycles. The van der Waals surface area contributed by atoms with Crippen LogP contribution in [0.4, 0.5) is 24.5 Å². The Morgan fingerprint density at radius 1 is 0.730 bits per heavy atom. The van der Waals surface area contributed by atoms with Gasteiger partial charge in [0, 0.05) is 36.8 Å². The minimum absolute atomic E-state index is 0.0928. The number of benzene rings is 3. The van der Waals surface area contributed by atoms with Gasteiger partial charge in [0.2, 0.25) is 0 Å². The van der Waals surface area contributed by atoms with Crippen molar-refractivity contribution in [1.29, 1.82) is 0 Å². The molecule has 1 saturated heterocycles. The van der Waals surface area contributed by atoms with Gasteiger partial charge in [-0.25, -0.2) is 4.90 Å². The van der Waals surface area contributed by atoms with E-state index in [2.05, 4.69) is 4.90 Å². The number of rotatable bonds is 5. The molecule has 0 aliphatic carbocycles. The highest BCUT2D eigenvalue weighted by Crippen LogP contribution is 2.40. The topological polar surface area (TPSA) is 43.9 Å². The van der Waals surface area contributed by atoms with Crippen LogP contribution in [-0.4, -0.2) is 42.9 Å². The number of anilines is 2. The summed E-state index contributed by atoms with van der Waals surface area (Å²) in [5.74, 6) is -1.22. The number of carbonyl (C=O) groups excluding carboxylic acids is 2. The third-order valence-electron chi connectivity index (χ3n) is 6.41. The molecule has 0 bridgehead atoms. The number of amides is 2. The van der Waals surface area contributed by atoms with Crippen LogP contribution in [0.15, 0.2) is 94.4 Å². The third kappa shape index (κ3) is 5.09. The number of nitrogens with zero attached hydrogens (tertiary/aromatic N) is 3. The van der Waals surface area contributed by atoms with E-state index in [0.717, 1.165) is 33.2 Å². The number of imide groups is 1. The summed E-state index contributed by atoms with van der Waals surface area (Å²) in [6, 6.07) is 21.8. The molecule has 2 amide bonds. The lowest BCUT2D eigenvalue weighted by Crippen LogP contribution is -2.47. The van der Waals surface area contributed by atoms with Crippen LogP contribution in [0.5, 0.6) is 0 Å². The first-order chi connectivity index (χ1) is 17.7. The number of halogens is 3. The minimum atomic E-state index is -4.59. The van der Waals surface area contributed by atoms with Crippen molar-refractivity contribution in [3.05, 3.63) is 101 Å². The monoisotopic (exact) mass is 523 g/mol. The predicted octanol–water partition coefficient (Wildman–Crippen LogP) is 5.71. The number of piperazine rings is 1. The molecule has 1 fully saturated rings. The van der Waals surface area contributed by atoms with Crippen molar-refractivity contribution in [1.82, 2.24) is 4.90 Å². The maximum absolute atomic E-state index is 13.7. The average molecular weight is 524 g/mol. The molecular weight excluding hydrogens is 499 g/mol. The molecule has 37 heavy (non-hydrogen) atoms. The van der Waals surface area contributed by atoms with Crippen LogP contribution in [0.1, 0.15) is 11.1 Å². The molecule has 0 unspecified atom stereocenters. The van der Waals surface area contributed by atoms with E-state index < -0.39 is 23.6 Å². The second-order valence-corrected chi connectivity index (χ2v) is 9.98. The normalized spacial score (nSPS) is 16.7. The van der Waals surface area contributed by atoms with Gasteiger partial charge in [0.1, 0.15) is 10.6 Å². The SMILES string of the molecule is Cc1ccc(SC2=C(N3CCN(c4ccccc4)CC3)C(=O)N(c3cccc(C(F)(F)F)c3)C2=O)cc1. The zero-order chi connectivity index (χ0) is 26.2. The Morgan fingerprint density at radius 2 is 1.35 bits per heavy atom. The average Bonchev–Trinajstić information content (AvgIpc) is 3.14. The van der Waals surface area contributed by atoms with E-state index in [4.69, 9.17) is 0 Å². The lowest BCUT2D eigenvalue weighted by Gasteiger charge is -2.37. The highest BCUT2D eigenvalue weighted by molar-refractivity contribution is 8.04. The first-order valence-electron chi connectivity index (χ1n) is 11.8. The predicted molar refractivity (Wildman–Crippen MR) is 138 cm³/mol. The second kappa shape index (κ2) is 9.97. The van der Waals surface area contributed by atoms with Gasteiger partial charge in [-0.3, -0.25) is 9.59 Å². The third-order valence-corrected chi connectivity index (χ3v) is 7.49. The number of alkyl halides is 3. The van der Waals surface area contributed by atoms with Crippen molar-refractivity contribution in [3.63, 3.8) is 0 Å².